The van der Waals surface area contributed by atoms with E-state index in [-0.39, 0.29) is 0 Å². The summed E-state index contributed by atoms with van der Waals surface area (Å²) in [4.78, 5) is 9.33. The van der Waals surface area contributed by atoms with Gasteiger partial charge in [0, 0.05) is 56.9 Å². The van der Waals surface area contributed by atoms with Crippen LogP contribution in [0.15, 0.2) is 12.3 Å². The second-order valence-electron chi connectivity index (χ2n) is 4.80. The first-order valence-corrected chi connectivity index (χ1v) is 7.97. The van der Waals surface area contributed by atoms with Crippen LogP contribution in [0.25, 0.3) is 0 Å². The molecule has 0 N–H and O–H groups in total. The van der Waals surface area contributed by atoms with Crippen LogP contribution in [0.3, 0.4) is 0 Å². The highest BCUT2D eigenvalue weighted by atomic mass is 79.9. The van der Waals surface area contributed by atoms with Gasteiger partial charge in [-0.25, -0.2) is 0 Å². The summed E-state index contributed by atoms with van der Waals surface area (Å²) in [5.74, 6) is 1.49. The number of methoxy groups -OCH3 is 2. The van der Waals surface area contributed by atoms with Crippen LogP contribution in [0.5, 0.6) is 11.5 Å². The van der Waals surface area contributed by atoms with Crippen molar-refractivity contribution >= 4 is 15.9 Å². The number of piperazine rings is 1. The van der Waals surface area contributed by atoms with Gasteiger partial charge in [-0.2, -0.15) is 0 Å². The van der Waals surface area contributed by atoms with Crippen LogP contribution < -0.4 is 9.47 Å². The van der Waals surface area contributed by atoms with Gasteiger partial charge < -0.3 is 9.47 Å². The van der Waals surface area contributed by atoms with Gasteiger partial charge in [0.25, 0.3) is 0 Å². The number of pyridine rings is 1. The fourth-order valence-electron chi connectivity index (χ4n) is 2.47. The maximum absolute atomic E-state index is 5.44. The lowest BCUT2D eigenvalue weighted by Crippen LogP contribution is -2.46. The molecule has 1 aliphatic rings. The van der Waals surface area contributed by atoms with E-state index in [1.165, 1.54) is 0 Å². The lowest BCUT2D eigenvalue weighted by atomic mass is 10.2. The van der Waals surface area contributed by atoms with Gasteiger partial charge >= 0.3 is 0 Å². The number of halogens is 1. The van der Waals surface area contributed by atoms with Gasteiger partial charge in [-0.15, -0.1) is 0 Å². The lowest BCUT2D eigenvalue weighted by molar-refractivity contribution is 0.130. The monoisotopic (exact) mass is 343 g/mol. The molecule has 2 rings (SSSR count). The third-order valence-electron chi connectivity index (χ3n) is 3.61. The van der Waals surface area contributed by atoms with Crippen molar-refractivity contribution in [3.05, 3.63) is 18.0 Å². The van der Waals surface area contributed by atoms with E-state index in [1.54, 1.807) is 20.4 Å². The van der Waals surface area contributed by atoms with Crippen molar-refractivity contribution in [2.75, 3.05) is 52.3 Å². The number of nitrogens with zero attached hydrogens (tertiary/aromatic N) is 3. The van der Waals surface area contributed by atoms with Gasteiger partial charge in [0.05, 0.1) is 14.2 Å². The van der Waals surface area contributed by atoms with E-state index in [0.29, 0.717) is 0 Å². The van der Waals surface area contributed by atoms with E-state index in [9.17, 15) is 0 Å². The number of alkyl halides is 1. The molecular weight excluding hydrogens is 322 g/mol. The zero-order valence-electron chi connectivity index (χ0n) is 12.1. The molecular formula is C14H22BrN3O2. The van der Waals surface area contributed by atoms with Crippen molar-refractivity contribution in [3.63, 3.8) is 0 Å². The maximum Gasteiger partial charge on any atom is 0.183 e. The fourth-order valence-corrected chi connectivity index (χ4v) is 2.97. The first kappa shape index (κ1) is 15.5. The predicted molar refractivity (Wildman–Crippen MR) is 82.9 cm³/mol. The van der Waals surface area contributed by atoms with Gasteiger partial charge in [0.2, 0.25) is 0 Å². The molecule has 1 aromatic rings. The Hall–Kier alpha value is -0.850. The number of rotatable bonds is 6. The highest BCUT2D eigenvalue weighted by Crippen LogP contribution is 2.29. The van der Waals surface area contributed by atoms with E-state index in [1.807, 2.05) is 6.07 Å². The smallest absolute Gasteiger partial charge is 0.183 e. The number of hydrogen-bond donors (Lipinski definition) is 0. The molecule has 5 nitrogen and oxygen atoms in total. The Balaban J connectivity index is 1.97. The Morgan fingerprint density at radius 3 is 2.45 bits per heavy atom. The molecule has 0 radical (unpaired) electrons. The summed E-state index contributed by atoms with van der Waals surface area (Å²) in [6, 6.07) is 1.83. The van der Waals surface area contributed by atoms with E-state index in [4.69, 9.17) is 9.47 Å². The minimum atomic E-state index is 0.746. The van der Waals surface area contributed by atoms with Crippen LogP contribution in [0, 0.1) is 0 Å². The average Bonchev–Trinajstić information content (AvgIpc) is 2.49. The third kappa shape index (κ3) is 3.84. The molecule has 112 valence electrons. The lowest BCUT2D eigenvalue weighted by Gasteiger charge is -2.34. The Labute approximate surface area is 129 Å². The normalized spacial score (nSPS) is 17.1. The molecule has 2 heterocycles. The minimum Gasteiger partial charge on any atom is -0.493 e. The Kier molecular flexibility index (Phi) is 6.06. The molecule has 0 saturated carbocycles. The maximum atomic E-state index is 5.44. The minimum absolute atomic E-state index is 0.746. The van der Waals surface area contributed by atoms with Crippen LogP contribution in [-0.4, -0.2) is 67.1 Å². The standard InChI is InChI=1S/C14H22BrN3O2/c1-19-13-3-5-16-12(14(13)20-2)11-18-9-7-17(6-4-15)8-10-18/h3,5H,4,6-11H2,1-2H3. The van der Waals surface area contributed by atoms with Gasteiger partial charge in [-0.3, -0.25) is 14.8 Å². The van der Waals surface area contributed by atoms with Gasteiger partial charge in [0.1, 0.15) is 5.69 Å². The molecule has 0 spiro atoms. The molecule has 1 aromatic heterocycles. The van der Waals surface area contributed by atoms with Gasteiger partial charge in [-0.1, -0.05) is 15.9 Å². The van der Waals surface area contributed by atoms with E-state index in [0.717, 1.165) is 61.8 Å². The van der Waals surface area contributed by atoms with Gasteiger partial charge in [0.15, 0.2) is 11.5 Å². The van der Waals surface area contributed by atoms with Crippen LogP contribution >= 0.6 is 15.9 Å². The first-order chi connectivity index (χ1) is 9.78. The Morgan fingerprint density at radius 2 is 1.85 bits per heavy atom. The van der Waals surface area contributed by atoms with E-state index < -0.39 is 0 Å². The average molecular weight is 344 g/mol. The van der Waals surface area contributed by atoms with E-state index in [2.05, 4.69) is 30.7 Å². The highest BCUT2D eigenvalue weighted by Gasteiger charge is 2.19. The fraction of sp³-hybridized carbons (Fsp3) is 0.643. The summed E-state index contributed by atoms with van der Waals surface area (Å²) in [7, 11) is 3.32. The van der Waals surface area contributed by atoms with Crippen molar-refractivity contribution in [3.8, 4) is 11.5 Å². The highest BCUT2D eigenvalue weighted by molar-refractivity contribution is 9.09. The molecule has 0 amide bonds. The topological polar surface area (TPSA) is 37.8 Å². The van der Waals surface area contributed by atoms with Gasteiger partial charge in [-0.05, 0) is 0 Å². The summed E-state index contributed by atoms with van der Waals surface area (Å²) in [5, 5.41) is 1.04. The van der Waals surface area contributed by atoms with Crippen LogP contribution in [0.2, 0.25) is 0 Å². The van der Waals surface area contributed by atoms with E-state index >= 15 is 0 Å². The molecule has 6 heteroatoms. The molecule has 0 aliphatic carbocycles. The summed E-state index contributed by atoms with van der Waals surface area (Å²) in [5.41, 5.74) is 0.945. The predicted octanol–water partition coefficient (Wildman–Crippen LogP) is 1.61. The molecule has 1 aliphatic heterocycles. The van der Waals surface area contributed by atoms with Crippen molar-refractivity contribution in [2.45, 2.75) is 6.54 Å². The molecule has 1 fully saturated rings. The molecule has 20 heavy (non-hydrogen) atoms. The zero-order chi connectivity index (χ0) is 14.4. The second kappa shape index (κ2) is 7.81. The summed E-state index contributed by atoms with van der Waals surface area (Å²) in [6.07, 6.45) is 1.78. The molecule has 0 aromatic carbocycles. The number of hydrogen-bond acceptors (Lipinski definition) is 5. The van der Waals surface area contributed by atoms with Crippen LogP contribution in [0.1, 0.15) is 5.69 Å². The summed E-state index contributed by atoms with van der Waals surface area (Å²) >= 11 is 3.49. The molecule has 0 bridgehead atoms. The number of aromatic nitrogens is 1. The quantitative estimate of drug-likeness (QED) is 0.733. The van der Waals surface area contributed by atoms with Crippen molar-refractivity contribution in [2.24, 2.45) is 0 Å². The Morgan fingerprint density at radius 1 is 1.15 bits per heavy atom. The van der Waals surface area contributed by atoms with Crippen LogP contribution in [0.4, 0.5) is 0 Å². The summed E-state index contributed by atoms with van der Waals surface area (Å²) < 4.78 is 10.8. The first-order valence-electron chi connectivity index (χ1n) is 6.85. The van der Waals surface area contributed by atoms with Crippen molar-refractivity contribution < 1.29 is 9.47 Å². The summed E-state index contributed by atoms with van der Waals surface area (Å²) in [6.45, 7) is 6.27. The molecule has 0 unspecified atom stereocenters. The zero-order valence-corrected chi connectivity index (χ0v) is 13.7. The largest absolute Gasteiger partial charge is 0.493 e. The van der Waals surface area contributed by atoms with Crippen molar-refractivity contribution in [1.82, 2.24) is 14.8 Å². The third-order valence-corrected chi connectivity index (χ3v) is 3.96. The van der Waals surface area contributed by atoms with Crippen molar-refractivity contribution in [1.29, 1.82) is 0 Å². The second-order valence-corrected chi connectivity index (χ2v) is 5.59. The van der Waals surface area contributed by atoms with Crippen LogP contribution in [-0.2, 0) is 6.54 Å². The number of ether oxygens (including phenoxy) is 2. The Bertz CT molecular complexity index is 423. The molecule has 0 atom stereocenters. The molecule has 1 saturated heterocycles. The SMILES string of the molecule is COc1ccnc(CN2CCN(CCBr)CC2)c1OC.